The number of sulfonamides is 1. The molecule has 0 aliphatic carbocycles. The van der Waals surface area contributed by atoms with Gasteiger partial charge in [-0.25, -0.2) is 8.42 Å². The molecule has 0 aliphatic heterocycles. The van der Waals surface area contributed by atoms with Crippen molar-refractivity contribution in [2.75, 3.05) is 23.7 Å². The van der Waals surface area contributed by atoms with Crippen molar-refractivity contribution in [3.8, 4) is 0 Å². The number of anilines is 1. The number of carbonyl (C=O) groups is 2. The van der Waals surface area contributed by atoms with Crippen LogP contribution in [-0.2, 0) is 38.8 Å². The molecule has 0 saturated heterocycles. The van der Waals surface area contributed by atoms with Crippen LogP contribution in [0.25, 0.3) is 0 Å². The Labute approximate surface area is 263 Å². The largest absolute Gasteiger partial charge is 0.417 e. The molecule has 0 aliphatic rings. The van der Waals surface area contributed by atoms with Crippen molar-refractivity contribution in [1.29, 1.82) is 0 Å². The SMILES string of the molecule is CC(C)CNC(=O)[C@H](Cc1ccccc1)N(Cc1cccc(Br)c1)C(=O)CN(c1ccc(Cl)c(C(F)(F)F)c1)S(C)(=O)=O. The van der Waals surface area contributed by atoms with Crippen LogP contribution >= 0.6 is 27.5 Å². The van der Waals surface area contributed by atoms with E-state index in [2.05, 4.69) is 21.2 Å². The molecular formula is C30H32BrClF3N3O4S. The molecule has 0 bridgehead atoms. The van der Waals surface area contributed by atoms with Gasteiger partial charge < -0.3 is 10.2 Å². The highest BCUT2D eigenvalue weighted by atomic mass is 79.9. The first-order chi connectivity index (χ1) is 20.1. The number of alkyl halides is 3. The van der Waals surface area contributed by atoms with Gasteiger partial charge in [-0.1, -0.05) is 83.8 Å². The van der Waals surface area contributed by atoms with E-state index in [1.807, 2.05) is 19.9 Å². The Kier molecular flexibility index (Phi) is 11.7. The Morgan fingerprint density at radius 1 is 0.977 bits per heavy atom. The van der Waals surface area contributed by atoms with Gasteiger partial charge in [-0.3, -0.25) is 13.9 Å². The van der Waals surface area contributed by atoms with Gasteiger partial charge in [-0.15, -0.1) is 0 Å². The fourth-order valence-electron chi connectivity index (χ4n) is 4.31. The topological polar surface area (TPSA) is 86.8 Å². The molecule has 1 atom stereocenters. The lowest BCUT2D eigenvalue weighted by Crippen LogP contribution is -2.53. The Morgan fingerprint density at radius 2 is 1.63 bits per heavy atom. The second-order valence-corrected chi connectivity index (χ2v) is 13.7. The number of nitrogens with zero attached hydrogens (tertiary/aromatic N) is 2. The molecule has 0 unspecified atom stereocenters. The predicted octanol–water partition coefficient (Wildman–Crippen LogP) is 6.30. The third kappa shape index (κ3) is 9.97. The summed E-state index contributed by atoms with van der Waals surface area (Å²) in [6, 6.07) is 17.6. The van der Waals surface area contributed by atoms with E-state index >= 15 is 0 Å². The number of carbonyl (C=O) groups excluding carboxylic acids is 2. The van der Waals surface area contributed by atoms with E-state index in [1.54, 1.807) is 48.5 Å². The van der Waals surface area contributed by atoms with Crippen LogP contribution in [0.2, 0.25) is 5.02 Å². The minimum absolute atomic E-state index is 0.0725. The molecule has 1 N–H and O–H groups in total. The molecule has 0 spiro atoms. The lowest BCUT2D eigenvalue weighted by molar-refractivity contribution is -0.140. The number of halogens is 5. The van der Waals surface area contributed by atoms with Gasteiger partial charge >= 0.3 is 6.18 Å². The van der Waals surface area contributed by atoms with Crippen LogP contribution in [-0.4, -0.2) is 50.5 Å². The van der Waals surface area contributed by atoms with Crippen molar-refractivity contribution in [1.82, 2.24) is 10.2 Å². The normalized spacial score (nSPS) is 12.6. The number of amides is 2. The lowest BCUT2D eigenvalue weighted by atomic mass is 10.0. The summed E-state index contributed by atoms with van der Waals surface area (Å²) in [7, 11) is -4.26. The van der Waals surface area contributed by atoms with Crippen molar-refractivity contribution >= 4 is 55.1 Å². The standard InChI is InChI=1S/C30H32BrClF3N3O4S/c1-20(2)17-36-29(40)27(15-21-8-5-4-6-9-21)37(18-22-10-7-11-23(31)14-22)28(39)19-38(43(3,41)42)24-12-13-26(32)25(16-24)30(33,34)35/h4-14,16,20,27H,15,17-19H2,1-3H3,(H,36,40)/t27-/m0/s1. The fraction of sp³-hybridized carbons (Fsp3) is 0.333. The second-order valence-electron chi connectivity index (χ2n) is 10.4. The maximum atomic E-state index is 14.1. The van der Waals surface area contributed by atoms with Crippen LogP contribution in [0, 0.1) is 5.92 Å². The smallest absolute Gasteiger partial charge is 0.354 e. The van der Waals surface area contributed by atoms with Gasteiger partial charge in [0.2, 0.25) is 21.8 Å². The molecular weight excluding hydrogens is 671 g/mol. The Bertz CT molecular complexity index is 1540. The van der Waals surface area contributed by atoms with Crippen LogP contribution < -0.4 is 9.62 Å². The average Bonchev–Trinajstić information content (AvgIpc) is 2.92. The average molecular weight is 703 g/mol. The quantitative estimate of drug-likeness (QED) is 0.240. The molecule has 3 aromatic rings. The first kappa shape index (κ1) is 34.4. The predicted molar refractivity (Wildman–Crippen MR) is 165 cm³/mol. The summed E-state index contributed by atoms with van der Waals surface area (Å²) in [6.07, 6.45) is -3.96. The number of hydrogen-bond acceptors (Lipinski definition) is 4. The molecule has 0 saturated carbocycles. The van der Waals surface area contributed by atoms with Gasteiger partial charge in [-0.2, -0.15) is 13.2 Å². The Balaban J connectivity index is 2.09. The summed E-state index contributed by atoms with van der Waals surface area (Å²) in [5.74, 6) is -1.11. The fourth-order valence-corrected chi connectivity index (χ4v) is 5.82. The van der Waals surface area contributed by atoms with Gasteiger partial charge in [-0.05, 0) is 47.4 Å². The molecule has 0 fully saturated rings. The number of hydrogen-bond donors (Lipinski definition) is 1. The zero-order valence-electron chi connectivity index (χ0n) is 23.7. The summed E-state index contributed by atoms with van der Waals surface area (Å²) in [4.78, 5) is 28.9. The first-order valence-electron chi connectivity index (χ1n) is 13.3. The van der Waals surface area contributed by atoms with Gasteiger partial charge in [0.05, 0.1) is 22.5 Å². The Morgan fingerprint density at radius 3 is 2.21 bits per heavy atom. The number of nitrogens with one attached hydrogen (secondary N) is 1. The maximum Gasteiger partial charge on any atom is 0.417 e. The van der Waals surface area contributed by atoms with Crippen molar-refractivity contribution in [3.63, 3.8) is 0 Å². The van der Waals surface area contributed by atoms with E-state index in [9.17, 15) is 31.2 Å². The molecule has 0 radical (unpaired) electrons. The summed E-state index contributed by atoms with van der Waals surface area (Å²) in [6.45, 7) is 3.25. The molecule has 3 aromatic carbocycles. The second kappa shape index (κ2) is 14.6. The zero-order chi connectivity index (χ0) is 31.9. The highest BCUT2D eigenvalue weighted by molar-refractivity contribution is 9.10. The van der Waals surface area contributed by atoms with Crippen molar-refractivity contribution in [3.05, 3.63) is 99.0 Å². The lowest BCUT2D eigenvalue weighted by Gasteiger charge is -2.33. The van der Waals surface area contributed by atoms with Crippen LogP contribution in [0.5, 0.6) is 0 Å². The van der Waals surface area contributed by atoms with E-state index in [0.29, 0.717) is 22.5 Å². The molecule has 0 heterocycles. The zero-order valence-corrected chi connectivity index (χ0v) is 26.9. The van der Waals surface area contributed by atoms with Gasteiger partial charge in [0.1, 0.15) is 12.6 Å². The van der Waals surface area contributed by atoms with E-state index in [0.717, 1.165) is 28.4 Å². The third-order valence-corrected chi connectivity index (χ3v) is 8.38. The van der Waals surface area contributed by atoms with Crippen LogP contribution in [0.3, 0.4) is 0 Å². The summed E-state index contributed by atoms with van der Waals surface area (Å²) >= 11 is 9.16. The van der Waals surface area contributed by atoms with E-state index in [1.165, 1.54) is 4.90 Å². The van der Waals surface area contributed by atoms with E-state index in [-0.39, 0.29) is 24.6 Å². The Hall–Kier alpha value is -3.09. The van der Waals surface area contributed by atoms with E-state index < -0.39 is 51.2 Å². The first-order valence-corrected chi connectivity index (χ1v) is 16.3. The summed E-state index contributed by atoms with van der Waals surface area (Å²) in [5, 5.41) is 2.25. The van der Waals surface area contributed by atoms with Crippen molar-refractivity contribution in [2.24, 2.45) is 5.92 Å². The minimum Gasteiger partial charge on any atom is -0.354 e. The maximum absolute atomic E-state index is 14.1. The number of benzene rings is 3. The van der Waals surface area contributed by atoms with Crippen LogP contribution in [0.4, 0.5) is 18.9 Å². The van der Waals surface area contributed by atoms with Gasteiger partial charge in [0.25, 0.3) is 0 Å². The van der Waals surface area contributed by atoms with Gasteiger partial charge in [0.15, 0.2) is 0 Å². The summed E-state index contributed by atoms with van der Waals surface area (Å²) < 4.78 is 67.9. The molecule has 3 rings (SSSR count). The molecule has 13 heteroatoms. The van der Waals surface area contributed by atoms with Gasteiger partial charge in [0, 0.05) is 24.0 Å². The molecule has 0 aromatic heterocycles. The summed E-state index contributed by atoms with van der Waals surface area (Å²) in [5.41, 5.74) is -0.228. The molecule has 7 nitrogen and oxygen atoms in total. The third-order valence-electron chi connectivity index (χ3n) is 6.42. The molecule has 2 amide bonds. The highest BCUT2D eigenvalue weighted by Gasteiger charge is 2.36. The molecule has 43 heavy (non-hydrogen) atoms. The minimum atomic E-state index is -4.86. The highest BCUT2D eigenvalue weighted by Crippen LogP contribution is 2.37. The van der Waals surface area contributed by atoms with Crippen LogP contribution in [0.1, 0.15) is 30.5 Å². The van der Waals surface area contributed by atoms with Crippen LogP contribution in [0.15, 0.2) is 77.3 Å². The molecule has 232 valence electrons. The van der Waals surface area contributed by atoms with E-state index in [4.69, 9.17) is 11.6 Å². The van der Waals surface area contributed by atoms with Crippen molar-refractivity contribution in [2.45, 2.75) is 39.0 Å². The van der Waals surface area contributed by atoms with Crippen molar-refractivity contribution < 1.29 is 31.2 Å². The number of rotatable bonds is 12. The monoisotopic (exact) mass is 701 g/mol.